The Hall–Kier alpha value is -1.22. The molecule has 1 aliphatic heterocycles. The van der Waals surface area contributed by atoms with Crippen molar-refractivity contribution in [2.45, 2.75) is 66.2 Å². The molecule has 1 aromatic rings. The molecule has 0 aromatic heterocycles. The summed E-state index contributed by atoms with van der Waals surface area (Å²) < 4.78 is 0. The van der Waals surface area contributed by atoms with Gasteiger partial charge in [-0.3, -0.25) is 4.90 Å². The molecule has 1 heterocycles. The van der Waals surface area contributed by atoms with Crippen LogP contribution in [0.5, 0.6) is 0 Å². The Bertz CT molecular complexity index is 638. The van der Waals surface area contributed by atoms with Gasteiger partial charge in [-0.25, -0.2) is 0 Å². The van der Waals surface area contributed by atoms with Crippen LogP contribution in [0, 0.1) is 10.8 Å². The third kappa shape index (κ3) is 5.03. The first kappa shape index (κ1) is 21.5. The van der Waals surface area contributed by atoms with E-state index in [2.05, 4.69) is 81.6 Å². The van der Waals surface area contributed by atoms with E-state index in [9.17, 15) is 0 Å². The minimum Gasteiger partial charge on any atom is -0.378 e. The average molecular weight is 386 g/mol. The van der Waals surface area contributed by atoms with Crippen LogP contribution in [0.2, 0.25) is 0 Å². The fraction of sp³-hybridized carbons (Fsp3) is 0.760. The number of piperazine rings is 1. The number of benzene rings is 1. The van der Waals surface area contributed by atoms with Gasteiger partial charge in [-0.15, -0.1) is 0 Å². The van der Waals surface area contributed by atoms with Gasteiger partial charge in [0.15, 0.2) is 0 Å². The predicted molar refractivity (Wildman–Crippen MR) is 124 cm³/mol. The topological polar surface area (TPSA) is 9.72 Å². The van der Waals surface area contributed by atoms with E-state index in [-0.39, 0.29) is 0 Å². The van der Waals surface area contributed by atoms with E-state index < -0.39 is 0 Å². The quantitative estimate of drug-likeness (QED) is 0.653. The summed E-state index contributed by atoms with van der Waals surface area (Å²) in [5.41, 5.74) is 5.26. The molecule has 1 aliphatic carbocycles. The highest BCUT2D eigenvalue weighted by molar-refractivity contribution is 5.65. The van der Waals surface area contributed by atoms with Crippen molar-refractivity contribution < 1.29 is 0 Å². The van der Waals surface area contributed by atoms with Crippen molar-refractivity contribution in [2.24, 2.45) is 10.8 Å². The number of nitrogens with zero attached hydrogens (tertiary/aromatic N) is 3. The second-order valence-corrected chi connectivity index (χ2v) is 11.1. The molecule has 3 nitrogen and oxygen atoms in total. The molecule has 1 aromatic carbocycles. The van der Waals surface area contributed by atoms with Crippen molar-refractivity contribution in [1.82, 2.24) is 4.90 Å². The van der Waals surface area contributed by atoms with E-state index in [0.29, 0.717) is 16.7 Å². The van der Waals surface area contributed by atoms with Gasteiger partial charge in [0.2, 0.25) is 0 Å². The lowest BCUT2D eigenvalue weighted by atomic mass is 9.60. The fourth-order valence-corrected chi connectivity index (χ4v) is 6.02. The Balaban J connectivity index is 1.91. The first-order valence-corrected chi connectivity index (χ1v) is 11.4. The largest absolute Gasteiger partial charge is 0.378 e. The first-order valence-electron chi connectivity index (χ1n) is 11.4. The summed E-state index contributed by atoms with van der Waals surface area (Å²) in [6, 6.07) is 7.24. The van der Waals surface area contributed by atoms with Crippen LogP contribution in [0.15, 0.2) is 18.2 Å². The van der Waals surface area contributed by atoms with E-state index >= 15 is 0 Å². The van der Waals surface area contributed by atoms with Crippen molar-refractivity contribution in [2.75, 3.05) is 56.6 Å². The van der Waals surface area contributed by atoms with Crippen LogP contribution in [-0.4, -0.2) is 51.7 Å². The molecule has 1 saturated carbocycles. The lowest BCUT2D eigenvalue weighted by molar-refractivity contribution is 0.0970. The lowest BCUT2D eigenvalue weighted by Crippen LogP contribution is -2.47. The monoisotopic (exact) mass is 385 g/mol. The predicted octanol–water partition coefficient (Wildman–Crippen LogP) is 5.60. The number of hydrogen-bond donors (Lipinski definition) is 0. The molecule has 2 aliphatic rings. The van der Waals surface area contributed by atoms with Crippen molar-refractivity contribution in [3.05, 3.63) is 23.8 Å². The summed E-state index contributed by atoms with van der Waals surface area (Å²) in [5.74, 6) is 0.665. The fourth-order valence-electron chi connectivity index (χ4n) is 6.02. The minimum atomic E-state index is 0.420. The number of hydrogen-bond acceptors (Lipinski definition) is 3. The van der Waals surface area contributed by atoms with Crippen molar-refractivity contribution in [1.29, 1.82) is 0 Å². The van der Waals surface area contributed by atoms with Crippen molar-refractivity contribution in [3.63, 3.8) is 0 Å². The highest BCUT2D eigenvalue weighted by Gasteiger charge is 2.40. The molecule has 2 fully saturated rings. The summed E-state index contributed by atoms with van der Waals surface area (Å²) >= 11 is 0. The molecule has 3 rings (SSSR count). The smallest absolute Gasteiger partial charge is 0.0423 e. The summed E-state index contributed by atoms with van der Waals surface area (Å²) in [5, 5.41) is 0. The SMILES string of the molecule is CCCN1CCN(c2cc(N(C)C)ccc2C2CC(C)(C)CC(C)(C)C2)CC1. The van der Waals surface area contributed by atoms with Gasteiger partial charge < -0.3 is 9.80 Å². The third-order valence-corrected chi connectivity index (χ3v) is 6.78. The van der Waals surface area contributed by atoms with E-state index in [1.807, 2.05) is 0 Å². The maximum atomic E-state index is 2.67. The second kappa shape index (κ2) is 8.26. The van der Waals surface area contributed by atoms with Gasteiger partial charge in [-0.2, -0.15) is 0 Å². The Kier molecular flexibility index (Phi) is 6.34. The number of rotatable bonds is 5. The Morgan fingerprint density at radius 3 is 2.11 bits per heavy atom. The van der Waals surface area contributed by atoms with Crippen LogP contribution in [0.3, 0.4) is 0 Å². The van der Waals surface area contributed by atoms with Crippen LogP contribution in [-0.2, 0) is 0 Å². The standard InChI is InChI=1S/C25H43N3/c1-8-11-27-12-14-28(15-13-27)23-16-21(26(6)7)9-10-22(23)20-17-24(2,3)19-25(4,5)18-20/h9-10,16,20H,8,11-15,17-19H2,1-7H3. The summed E-state index contributed by atoms with van der Waals surface area (Å²) in [4.78, 5) is 7.54. The Morgan fingerprint density at radius 1 is 0.964 bits per heavy atom. The zero-order valence-corrected chi connectivity index (χ0v) is 19.5. The molecule has 0 bridgehead atoms. The third-order valence-electron chi connectivity index (χ3n) is 6.78. The second-order valence-electron chi connectivity index (χ2n) is 11.1. The van der Waals surface area contributed by atoms with Crippen molar-refractivity contribution >= 4 is 11.4 Å². The van der Waals surface area contributed by atoms with E-state index in [1.54, 1.807) is 5.56 Å². The van der Waals surface area contributed by atoms with Gasteiger partial charge in [0.05, 0.1) is 0 Å². The molecule has 0 N–H and O–H groups in total. The molecule has 28 heavy (non-hydrogen) atoms. The Morgan fingerprint density at radius 2 is 1.57 bits per heavy atom. The molecule has 1 saturated heterocycles. The normalized spacial score (nSPS) is 23.0. The highest BCUT2D eigenvalue weighted by Crippen LogP contribution is 2.53. The molecular weight excluding hydrogens is 342 g/mol. The molecule has 0 unspecified atom stereocenters. The molecule has 0 amide bonds. The highest BCUT2D eigenvalue weighted by atomic mass is 15.3. The zero-order chi connectivity index (χ0) is 20.5. The van der Waals surface area contributed by atoms with Gasteiger partial charge in [-0.05, 0) is 66.7 Å². The maximum absolute atomic E-state index is 2.67. The molecule has 0 spiro atoms. The van der Waals surface area contributed by atoms with E-state index in [0.717, 1.165) is 13.1 Å². The molecule has 0 radical (unpaired) electrons. The zero-order valence-electron chi connectivity index (χ0n) is 19.5. The average Bonchev–Trinajstić information content (AvgIpc) is 2.59. The van der Waals surface area contributed by atoms with Crippen molar-refractivity contribution in [3.8, 4) is 0 Å². The van der Waals surface area contributed by atoms with Crippen LogP contribution in [0.1, 0.15) is 71.8 Å². The number of anilines is 2. The minimum absolute atomic E-state index is 0.420. The Labute approximate surface area is 174 Å². The van der Waals surface area contributed by atoms with Crippen LogP contribution < -0.4 is 9.80 Å². The van der Waals surface area contributed by atoms with Gasteiger partial charge in [-0.1, -0.05) is 40.7 Å². The van der Waals surface area contributed by atoms with Gasteiger partial charge >= 0.3 is 0 Å². The first-order chi connectivity index (χ1) is 13.1. The van der Waals surface area contributed by atoms with Gasteiger partial charge in [0.25, 0.3) is 0 Å². The van der Waals surface area contributed by atoms with Gasteiger partial charge in [0.1, 0.15) is 0 Å². The molecule has 3 heteroatoms. The summed E-state index contributed by atoms with van der Waals surface area (Å²) in [6.07, 6.45) is 5.20. The lowest BCUT2D eigenvalue weighted by Gasteiger charge is -2.46. The van der Waals surface area contributed by atoms with Crippen LogP contribution in [0.25, 0.3) is 0 Å². The molecular formula is C25H43N3. The van der Waals surface area contributed by atoms with Crippen LogP contribution in [0.4, 0.5) is 11.4 Å². The van der Waals surface area contributed by atoms with E-state index in [1.165, 1.54) is 56.7 Å². The van der Waals surface area contributed by atoms with Gasteiger partial charge in [0, 0.05) is 51.6 Å². The summed E-state index contributed by atoms with van der Waals surface area (Å²) in [7, 11) is 4.32. The van der Waals surface area contributed by atoms with Crippen LogP contribution >= 0.6 is 0 Å². The molecule has 0 atom stereocenters. The summed E-state index contributed by atoms with van der Waals surface area (Å²) in [6.45, 7) is 18.1. The molecule has 158 valence electrons. The maximum Gasteiger partial charge on any atom is 0.0423 e. The van der Waals surface area contributed by atoms with E-state index in [4.69, 9.17) is 0 Å².